The minimum Gasteiger partial charge on any atom is -0.350 e. The first kappa shape index (κ1) is 20.8. The van der Waals surface area contributed by atoms with Gasteiger partial charge in [-0.1, -0.05) is 41.1 Å². The Kier molecular flexibility index (Phi) is 5.59. The van der Waals surface area contributed by atoms with Crippen LogP contribution in [0.4, 0.5) is 5.69 Å². The summed E-state index contributed by atoms with van der Waals surface area (Å²) in [6.07, 6.45) is 0. The lowest BCUT2D eigenvalue weighted by atomic mass is 10.1. The second-order valence-electron chi connectivity index (χ2n) is 7.78. The number of benzene rings is 2. The first-order valence-corrected chi connectivity index (χ1v) is 10.5. The fourth-order valence-corrected chi connectivity index (χ4v) is 4.10. The molecule has 0 saturated carbocycles. The molecule has 29 heavy (non-hydrogen) atoms. The third-order valence-corrected chi connectivity index (χ3v) is 5.68. The number of aromatic nitrogens is 1. The number of anilines is 1. The summed E-state index contributed by atoms with van der Waals surface area (Å²) in [7, 11) is -3.71. The van der Waals surface area contributed by atoms with E-state index in [4.69, 9.17) is 4.52 Å². The molecule has 0 aliphatic rings. The van der Waals surface area contributed by atoms with Gasteiger partial charge in [-0.15, -0.1) is 0 Å². The Labute approximate surface area is 170 Å². The summed E-state index contributed by atoms with van der Waals surface area (Å²) in [6, 6.07) is 15.2. The van der Waals surface area contributed by atoms with Crippen molar-refractivity contribution >= 4 is 21.6 Å². The van der Waals surface area contributed by atoms with Crippen LogP contribution < -0.4 is 10.0 Å². The average Bonchev–Trinajstić information content (AvgIpc) is 3.11. The zero-order valence-electron chi connectivity index (χ0n) is 16.7. The molecule has 0 saturated heterocycles. The van der Waals surface area contributed by atoms with E-state index >= 15 is 0 Å². The van der Waals surface area contributed by atoms with Gasteiger partial charge in [0.1, 0.15) is 5.69 Å². The molecule has 0 fully saturated rings. The number of rotatable bonds is 5. The first-order chi connectivity index (χ1) is 13.5. The van der Waals surface area contributed by atoms with Gasteiger partial charge in [0.05, 0.1) is 4.90 Å². The van der Waals surface area contributed by atoms with Crippen LogP contribution in [0, 0.1) is 6.92 Å². The van der Waals surface area contributed by atoms with Crippen LogP contribution in [-0.4, -0.2) is 25.0 Å². The maximum Gasteiger partial charge on any atom is 0.294 e. The van der Waals surface area contributed by atoms with Gasteiger partial charge in [-0.05, 0) is 45.9 Å². The molecular formula is C21H23N3O4S. The van der Waals surface area contributed by atoms with Gasteiger partial charge in [-0.25, -0.2) is 13.1 Å². The number of nitrogens with one attached hydrogen (secondary N) is 2. The standard InChI is InChI=1S/C21H23N3O4S/c1-14-8-10-15(11-9-14)18-13-19(28-23-18)20(25)22-16-6-5-7-17(12-16)29(26,27)24-21(2,3)4/h5-13,24H,1-4H3,(H,22,25). The van der Waals surface area contributed by atoms with Crippen molar-refractivity contribution in [2.24, 2.45) is 0 Å². The predicted molar refractivity (Wildman–Crippen MR) is 111 cm³/mol. The van der Waals surface area contributed by atoms with Crippen LogP contribution in [0.15, 0.2) is 64.0 Å². The lowest BCUT2D eigenvalue weighted by molar-refractivity contribution is 0.0988. The zero-order chi connectivity index (χ0) is 21.2. The minimum absolute atomic E-state index is 0.0293. The van der Waals surface area contributed by atoms with E-state index in [0.717, 1.165) is 11.1 Å². The summed E-state index contributed by atoms with van der Waals surface area (Å²) < 4.78 is 32.7. The van der Waals surface area contributed by atoms with E-state index in [2.05, 4.69) is 15.2 Å². The highest BCUT2D eigenvalue weighted by Crippen LogP contribution is 2.21. The molecule has 0 unspecified atom stereocenters. The molecule has 2 N–H and O–H groups in total. The van der Waals surface area contributed by atoms with Gasteiger partial charge in [-0.3, -0.25) is 4.79 Å². The van der Waals surface area contributed by atoms with Gasteiger partial charge < -0.3 is 9.84 Å². The highest BCUT2D eigenvalue weighted by atomic mass is 32.2. The first-order valence-electron chi connectivity index (χ1n) is 9.03. The van der Waals surface area contributed by atoms with Crippen LogP contribution in [-0.2, 0) is 10.0 Å². The van der Waals surface area contributed by atoms with Crippen molar-refractivity contribution in [3.8, 4) is 11.3 Å². The van der Waals surface area contributed by atoms with Gasteiger partial charge in [0, 0.05) is 22.9 Å². The molecule has 3 aromatic rings. The lowest BCUT2D eigenvalue weighted by Crippen LogP contribution is -2.40. The smallest absolute Gasteiger partial charge is 0.294 e. The largest absolute Gasteiger partial charge is 0.350 e. The van der Waals surface area contributed by atoms with Crippen molar-refractivity contribution in [1.82, 2.24) is 9.88 Å². The van der Waals surface area contributed by atoms with Crippen molar-refractivity contribution < 1.29 is 17.7 Å². The summed E-state index contributed by atoms with van der Waals surface area (Å²) in [6.45, 7) is 7.25. The van der Waals surface area contributed by atoms with E-state index in [1.807, 2.05) is 31.2 Å². The quantitative estimate of drug-likeness (QED) is 0.659. The van der Waals surface area contributed by atoms with Crippen LogP contribution in [0.25, 0.3) is 11.3 Å². The molecule has 0 aliphatic carbocycles. The average molecular weight is 413 g/mol. The number of amides is 1. The fourth-order valence-electron chi connectivity index (χ4n) is 2.64. The Morgan fingerprint density at radius 3 is 2.38 bits per heavy atom. The maximum absolute atomic E-state index is 12.5. The molecule has 3 rings (SSSR count). The van der Waals surface area contributed by atoms with Gasteiger partial charge in [0.2, 0.25) is 15.8 Å². The molecule has 0 spiro atoms. The molecule has 0 atom stereocenters. The fraction of sp³-hybridized carbons (Fsp3) is 0.238. The molecule has 0 bridgehead atoms. The third kappa shape index (κ3) is 5.30. The van der Waals surface area contributed by atoms with Gasteiger partial charge in [0.15, 0.2) is 0 Å². The van der Waals surface area contributed by atoms with Crippen LogP contribution in [0.1, 0.15) is 36.9 Å². The highest BCUT2D eigenvalue weighted by molar-refractivity contribution is 7.89. The van der Waals surface area contributed by atoms with E-state index < -0.39 is 21.5 Å². The maximum atomic E-state index is 12.5. The highest BCUT2D eigenvalue weighted by Gasteiger charge is 2.22. The summed E-state index contributed by atoms with van der Waals surface area (Å²) in [5.74, 6) is -0.490. The van der Waals surface area contributed by atoms with Gasteiger partial charge in [-0.2, -0.15) is 0 Å². The SMILES string of the molecule is Cc1ccc(-c2cc(C(=O)Nc3cccc(S(=O)(=O)NC(C)(C)C)c3)on2)cc1. The number of carbonyl (C=O) groups excluding carboxylic acids is 1. The second kappa shape index (κ2) is 7.81. The van der Waals surface area contributed by atoms with E-state index in [1.54, 1.807) is 39.0 Å². The molecule has 0 radical (unpaired) electrons. The normalized spacial score (nSPS) is 12.0. The van der Waals surface area contributed by atoms with Crippen molar-refractivity contribution in [2.75, 3.05) is 5.32 Å². The molecule has 8 heteroatoms. The topological polar surface area (TPSA) is 101 Å². The summed E-state index contributed by atoms with van der Waals surface area (Å²) >= 11 is 0. The molecule has 0 aliphatic heterocycles. The van der Waals surface area contributed by atoms with E-state index in [1.165, 1.54) is 12.1 Å². The number of nitrogens with zero attached hydrogens (tertiary/aromatic N) is 1. The number of hydrogen-bond acceptors (Lipinski definition) is 5. The Morgan fingerprint density at radius 2 is 1.72 bits per heavy atom. The van der Waals surface area contributed by atoms with Crippen LogP contribution in [0.2, 0.25) is 0 Å². The monoisotopic (exact) mass is 413 g/mol. The van der Waals surface area contributed by atoms with E-state index in [-0.39, 0.29) is 10.7 Å². The summed E-state index contributed by atoms with van der Waals surface area (Å²) in [5, 5.41) is 6.58. The molecule has 1 aromatic heterocycles. The summed E-state index contributed by atoms with van der Waals surface area (Å²) in [5.41, 5.74) is 2.20. The second-order valence-corrected chi connectivity index (χ2v) is 9.46. The van der Waals surface area contributed by atoms with Gasteiger partial charge in [0.25, 0.3) is 5.91 Å². The zero-order valence-corrected chi connectivity index (χ0v) is 17.5. The van der Waals surface area contributed by atoms with Crippen molar-refractivity contribution in [1.29, 1.82) is 0 Å². The number of sulfonamides is 1. The Balaban J connectivity index is 1.77. The Morgan fingerprint density at radius 1 is 1.03 bits per heavy atom. The van der Waals surface area contributed by atoms with Crippen molar-refractivity contribution in [3.05, 3.63) is 65.9 Å². The summed E-state index contributed by atoms with van der Waals surface area (Å²) in [4.78, 5) is 12.6. The molecule has 1 amide bonds. The van der Waals surface area contributed by atoms with Crippen LogP contribution in [0.5, 0.6) is 0 Å². The lowest BCUT2D eigenvalue weighted by Gasteiger charge is -2.20. The molecule has 152 valence electrons. The molecule has 7 nitrogen and oxygen atoms in total. The van der Waals surface area contributed by atoms with Crippen LogP contribution >= 0.6 is 0 Å². The third-order valence-electron chi connectivity index (χ3n) is 3.92. The van der Waals surface area contributed by atoms with Gasteiger partial charge >= 0.3 is 0 Å². The van der Waals surface area contributed by atoms with Crippen molar-refractivity contribution in [3.63, 3.8) is 0 Å². The predicted octanol–water partition coefficient (Wildman–Crippen LogP) is 3.98. The number of aryl methyl sites for hydroxylation is 1. The Hall–Kier alpha value is -2.97. The Bertz CT molecular complexity index is 1130. The number of carbonyl (C=O) groups is 1. The van der Waals surface area contributed by atoms with Crippen molar-refractivity contribution in [2.45, 2.75) is 38.1 Å². The minimum atomic E-state index is -3.71. The van der Waals surface area contributed by atoms with Crippen LogP contribution in [0.3, 0.4) is 0 Å². The molecular weight excluding hydrogens is 390 g/mol. The molecule has 1 heterocycles. The van der Waals surface area contributed by atoms with E-state index in [9.17, 15) is 13.2 Å². The van der Waals surface area contributed by atoms with E-state index in [0.29, 0.717) is 11.4 Å². The number of hydrogen-bond donors (Lipinski definition) is 2. The molecule has 2 aromatic carbocycles.